The average molecular weight is 369 g/mol. The maximum atomic E-state index is 12.2. The summed E-state index contributed by atoms with van der Waals surface area (Å²) >= 11 is 6.10. The monoisotopic (exact) mass is 368 g/mol. The maximum absolute atomic E-state index is 12.2. The Morgan fingerprint density at radius 3 is 2.58 bits per heavy atom. The van der Waals surface area contributed by atoms with Crippen LogP contribution in [-0.4, -0.2) is 23.0 Å². The standard InChI is InChI=1S/C19H17ClN4O2/c1-12-4-3-5-13(8-12)24-19(25)16-10-22-18(11-21-16)23-14-6-7-17(26-2)15(20)9-14/h3-11H,1-2H3,(H,22,23)(H,24,25). The number of hydrogen-bond acceptors (Lipinski definition) is 5. The molecule has 0 radical (unpaired) electrons. The molecule has 0 fully saturated rings. The fourth-order valence-electron chi connectivity index (χ4n) is 2.32. The number of rotatable bonds is 5. The number of hydrogen-bond donors (Lipinski definition) is 2. The summed E-state index contributed by atoms with van der Waals surface area (Å²) in [5.41, 5.74) is 2.74. The molecule has 1 aromatic heterocycles. The minimum atomic E-state index is -0.317. The molecular formula is C19H17ClN4O2. The van der Waals surface area contributed by atoms with Crippen molar-refractivity contribution in [1.29, 1.82) is 0 Å². The molecule has 6 nitrogen and oxygen atoms in total. The second-order valence-corrected chi connectivity index (χ2v) is 5.99. The lowest BCUT2D eigenvalue weighted by Gasteiger charge is -2.09. The van der Waals surface area contributed by atoms with Gasteiger partial charge in [-0.25, -0.2) is 9.97 Å². The quantitative estimate of drug-likeness (QED) is 0.696. The predicted molar refractivity (Wildman–Crippen MR) is 102 cm³/mol. The Morgan fingerprint density at radius 2 is 1.92 bits per heavy atom. The summed E-state index contributed by atoms with van der Waals surface area (Å²) in [6.45, 7) is 1.96. The van der Waals surface area contributed by atoms with Gasteiger partial charge in [0.15, 0.2) is 0 Å². The summed E-state index contributed by atoms with van der Waals surface area (Å²) in [5, 5.41) is 6.35. The summed E-state index contributed by atoms with van der Waals surface area (Å²) in [5.74, 6) is 0.770. The van der Waals surface area contributed by atoms with E-state index < -0.39 is 0 Å². The molecule has 0 saturated carbocycles. The molecule has 1 amide bonds. The number of carbonyl (C=O) groups is 1. The zero-order valence-electron chi connectivity index (χ0n) is 14.3. The van der Waals surface area contributed by atoms with Crippen LogP contribution in [-0.2, 0) is 0 Å². The third-order valence-electron chi connectivity index (χ3n) is 3.58. The summed E-state index contributed by atoms with van der Waals surface area (Å²) in [4.78, 5) is 20.6. The highest BCUT2D eigenvalue weighted by Gasteiger charge is 2.09. The lowest BCUT2D eigenvalue weighted by molar-refractivity contribution is 0.102. The SMILES string of the molecule is COc1ccc(Nc2cnc(C(=O)Nc3cccc(C)c3)cn2)cc1Cl. The second-order valence-electron chi connectivity index (χ2n) is 5.58. The molecule has 0 atom stereocenters. The first-order valence-electron chi connectivity index (χ1n) is 7.86. The third kappa shape index (κ3) is 4.29. The minimum Gasteiger partial charge on any atom is -0.495 e. The van der Waals surface area contributed by atoms with E-state index in [2.05, 4.69) is 20.6 Å². The van der Waals surface area contributed by atoms with Crippen molar-refractivity contribution in [3.63, 3.8) is 0 Å². The predicted octanol–water partition coefficient (Wildman–Crippen LogP) is 4.44. The Labute approximate surface area is 156 Å². The van der Waals surface area contributed by atoms with Gasteiger partial charge in [0.2, 0.25) is 0 Å². The van der Waals surface area contributed by atoms with Gasteiger partial charge in [-0.1, -0.05) is 23.7 Å². The van der Waals surface area contributed by atoms with E-state index in [0.29, 0.717) is 22.3 Å². The number of nitrogens with one attached hydrogen (secondary N) is 2. The van der Waals surface area contributed by atoms with E-state index in [1.807, 2.05) is 37.3 Å². The van der Waals surface area contributed by atoms with Gasteiger partial charge in [-0.05, 0) is 42.8 Å². The summed E-state index contributed by atoms with van der Waals surface area (Å²) in [7, 11) is 1.56. The molecule has 7 heteroatoms. The molecule has 0 aliphatic heterocycles. The number of benzene rings is 2. The number of aromatic nitrogens is 2. The molecule has 0 spiro atoms. The van der Waals surface area contributed by atoms with Crippen molar-refractivity contribution in [2.24, 2.45) is 0 Å². The van der Waals surface area contributed by atoms with E-state index in [1.165, 1.54) is 12.4 Å². The molecule has 0 aliphatic rings. The number of carbonyl (C=O) groups excluding carboxylic acids is 1. The molecule has 3 rings (SSSR count). The average Bonchev–Trinajstić information content (AvgIpc) is 2.62. The lowest BCUT2D eigenvalue weighted by atomic mass is 10.2. The molecule has 26 heavy (non-hydrogen) atoms. The van der Waals surface area contributed by atoms with Gasteiger partial charge in [-0.2, -0.15) is 0 Å². The Balaban J connectivity index is 1.68. The van der Waals surface area contributed by atoms with Gasteiger partial charge in [-0.15, -0.1) is 0 Å². The van der Waals surface area contributed by atoms with E-state index in [4.69, 9.17) is 16.3 Å². The highest BCUT2D eigenvalue weighted by atomic mass is 35.5. The molecule has 3 aromatic rings. The number of nitrogens with zero attached hydrogens (tertiary/aromatic N) is 2. The largest absolute Gasteiger partial charge is 0.495 e. The van der Waals surface area contributed by atoms with Crippen LogP contribution in [0.5, 0.6) is 5.75 Å². The van der Waals surface area contributed by atoms with Crippen LogP contribution >= 0.6 is 11.6 Å². The van der Waals surface area contributed by atoms with Crippen molar-refractivity contribution in [3.05, 3.63) is 71.1 Å². The van der Waals surface area contributed by atoms with Crippen molar-refractivity contribution in [1.82, 2.24) is 9.97 Å². The number of amides is 1. The lowest BCUT2D eigenvalue weighted by Crippen LogP contribution is -2.14. The molecule has 0 unspecified atom stereocenters. The zero-order chi connectivity index (χ0) is 18.5. The van der Waals surface area contributed by atoms with Crippen molar-refractivity contribution < 1.29 is 9.53 Å². The number of halogens is 1. The van der Waals surface area contributed by atoms with Crippen LogP contribution in [0.4, 0.5) is 17.2 Å². The molecule has 0 saturated heterocycles. The highest BCUT2D eigenvalue weighted by Crippen LogP contribution is 2.28. The van der Waals surface area contributed by atoms with Crippen LogP contribution in [0.25, 0.3) is 0 Å². The molecule has 2 N–H and O–H groups in total. The van der Waals surface area contributed by atoms with Gasteiger partial charge in [0.1, 0.15) is 17.3 Å². The Bertz CT molecular complexity index is 929. The summed E-state index contributed by atoms with van der Waals surface area (Å²) in [6, 6.07) is 12.8. The summed E-state index contributed by atoms with van der Waals surface area (Å²) in [6.07, 6.45) is 2.90. The van der Waals surface area contributed by atoms with Gasteiger partial charge in [0, 0.05) is 11.4 Å². The van der Waals surface area contributed by atoms with Crippen LogP contribution in [0, 0.1) is 6.92 Å². The molecular weight excluding hydrogens is 352 g/mol. The first kappa shape index (κ1) is 17.7. The smallest absolute Gasteiger partial charge is 0.275 e. The topological polar surface area (TPSA) is 76.1 Å². The molecule has 1 heterocycles. The van der Waals surface area contributed by atoms with E-state index in [0.717, 1.165) is 11.3 Å². The Morgan fingerprint density at radius 1 is 1.08 bits per heavy atom. The van der Waals surface area contributed by atoms with Gasteiger partial charge in [-0.3, -0.25) is 4.79 Å². The van der Waals surface area contributed by atoms with Gasteiger partial charge >= 0.3 is 0 Å². The van der Waals surface area contributed by atoms with Gasteiger partial charge < -0.3 is 15.4 Å². The van der Waals surface area contributed by atoms with Crippen LogP contribution < -0.4 is 15.4 Å². The Kier molecular flexibility index (Phi) is 5.34. The highest BCUT2D eigenvalue weighted by molar-refractivity contribution is 6.32. The van der Waals surface area contributed by atoms with Crippen LogP contribution in [0.3, 0.4) is 0 Å². The second kappa shape index (κ2) is 7.84. The van der Waals surface area contributed by atoms with E-state index >= 15 is 0 Å². The number of aryl methyl sites for hydroxylation is 1. The van der Waals surface area contributed by atoms with Crippen molar-refractivity contribution in [2.45, 2.75) is 6.92 Å². The van der Waals surface area contributed by atoms with Gasteiger partial charge in [0.05, 0.1) is 24.5 Å². The van der Waals surface area contributed by atoms with E-state index in [9.17, 15) is 4.79 Å². The summed E-state index contributed by atoms with van der Waals surface area (Å²) < 4.78 is 5.12. The molecule has 2 aromatic carbocycles. The normalized spacial score (nSPS) is 10.3. The fraction of sp³-hybridized carbons (Fsp3) is 0.105. The molecule has 132 valence electrons. The molecule has 0 bridgehead atoms. The number of methoxy groups -OCH3 is 1. The van der Waals surface area contributed by atoms with E-state index in [-0.39, 0.29) is 11.6 Å². The number of ether oxygens (including phenoxy) is 1. The zero-order valence-corrected chi connectivity index (χ0v) is 15.0. The van der Waals surface area contributed by atoms with Crippen LogP contribution in [0.1, 0.15) is 16.1 Å². The minimum absolute atomic E-state index is 0.227. The van der Waals surface area contributed by atoms with Crippen molar-refractivity contribution >= 4 is 34.7 Å². The van der Waals surface area contributed by atoms with Crippen LogP contribution in [0.2, 0.25) is 5.02 Å². The fourth-order valence-corrected chi connectivity index (χ4v) is 2.58. The molecule has 0 aliphatic carbocycles. The first-order chi connectivity index (χ1) is 12.5. The number of anilines is 3. The first-order valence-corrected chi connectivity index (χ1v) is 8.23. The van der Waals surface area contributed by atoms with Crippen molar-refractivity contribution in [3.8, 4) is 5.75 Å². The van der Waals surface area contributed by atoms with Crippen LogP contribution in [0.15, 0.2) is 54.9 Å². The maximum Gasteiger partial charge on any atom is 0.275 e. The van der Waals surface area contributed by atoms with Gasteiger partial charge in [0.25, 0.3) is 5.91 Å². The third-order valence-corrected chi connectivity index (χ3v) is 3.88. The van der Waals surface area contributed by atoms with E-state index in [1.54, 1.807) is 19.2 Å². The van der Waals surface area contributed by atoms with Crippen molar-refractivity contribution in [2.75, 3.05) is 17.7 Å². The Hall–Kier alpha value is -3.12.